The molecule has 2 aromatic rings. The van der Waals surface area contributed by atoms with E-state index in [-0.39, 0.29) is 11.1 Å². The molecule has 0 saturated carbocycles. The third-order valence-corrected chi connectivity index (χ3v) is 5.33. The molecular formula is C24H28ClN5O5. The number of aromatic nitrogens is 2. The van der Waals surface area contributed by atoms with Crippen molar-refractivity contribution in [2.24, 2.45) is 5.92 Å². The second-order valence-corrected chi connectivity index (χ2v) is 9.35. The Kier molecular flexibility index (Phi) is 7.96. The standard InChI is InChI=1S/C24H28ClN5O5/c1-13-7-6-8-17(28-23(33)35-24(2,3)4)16-12-19(29-30-20(16)25)15-10-9-14(26-22(32)34-5)11-18(15)27-21(13)31/h6-7,9-13,17H,8H2,1-5H3,(H,26,32)(H,27,31)(H,28,33)/b7-6-/t13?,17-/m0/s1. The zero-order valence-corrected chi connectivity index (χ0v) is 20.9. The minimum Gasteiger partial charge on any atom is -0.453 e. The van der Waals surface area contributed by atoms with Crippen molar-refractivity contribution in [2.45, 2.75) is 45.8 Å². The van der Waals surface area contributed by atoms with Crippen molar-refractivity contribution in [3.8, 4) is 11.3 Å². The van der Waals surface area contributed by atoms with E-state index in [1.54, 1.807) is 64.1 Å². The summed E-state index contributed by atoms with van der Waals surface area (Å²) in [5.74, 6) is -0.751. The van der Waals surface area contributed by atoms with E-state index in [2.05, 4.69) is 30.9 Å². The molecule has 186 valence electrons. The topological polar surface area (TPSA) is 132 Å². The van der Waals surface area contributed by atoms with Gasteiger partial charge < -0.3 is 20.1 Å². The number of nitrogens with one attached hydrogen (secondary N) is 3. The fourth-order valence-corrected chi connectivity index (χ4v) is 3.58. The number of alkyl carbamates (subject to hydrolysis) is 1. The number of hydrogen-bond acceptors (Lipinski definition) is 7. The Bertz CT molecular complexity index is 1160. The highest BCUT2D eigenvalue weighted by Gasteiger charge is 2.24. The van der Waals surface area contributed by atoms with Crippen LogP contribution in [0.1, 0.15) is 45.7 Å². The van der Waals surface area contributed by atoms with Gasteiger partial charge in [0.2, 0.25) is 5.91 Å². The van der Waals surface area contributed by atoms with Crippen molar-refractivity contribution < 1.29 is 23.9 Å². The number of methoxy groups -OCH3 is 1. The largest absolute Gasteiger partial charge is 0.453 e. The zero-order valence-electron chi connectivity index (χ0n) is 20.1. The van der Waals surface area contributed by atoms with Crippen LogP contribution in [0.4, 0.5) is 21.0 Å². The number of fused-ring (bicyclic) bond motifs is 4. The Morgan fingerprint density at radius 1 is 1.17 bits per heavy atom. The van der Waals surface area contributed by atoms with Crippen LogP contribution < -0.4 is 16.0 Å². The third kappa shape index (κ3) is 6.92. The van der Waals surface area contributed by atoms with Crippen molar-refractivity contribution >= 4 is 41.1 Å². The van der Waals surface area contributed by atoms with E-state index in [4.69, 9.17) is 16.3 Å². The van der Waals surface area contributed by atoms with Gasteiger partial charge in [-0.15, -0.1) is 10.2 Å². The van der Waals surface area contributed by atoms with Crippen molar-refractivity contribution in [1.29, 1.82) is 0 Å². The predicted octanol–water partition coefficient (Wildman–Crippen LogP) is 5.08. The number of carbonyl (C=O) groups is 3. The normalized spacial score (nSPS) is 18.6. The number of ether oxygens (including phenoxy) is 2. The Balaban J connectivity index is 2.09. The average molecular weight is 502 g/mol. The summed E-state index contributed by atoms with van der Waals surface area (Å²) < 4.78 is 10.1. The molecule has 1 aromatic carbocycles. The summed E-state index contributed by atoms with van der Waals surface area (Å²) in [6, 6.07) is 6.04. The van der Waals surface area contributed by atoms with Gasteiger partial charge in [0.25, 0.3) is 0 Å². The Morgan fingerprint density at radius 2 is 1.91 bits per heavy atom. The quantitative estimate of drug-likeness (QED) is 0.489. The number of hydrogen-bond donors (Lipinski definition) is 3. The number of amides is 3. The van der Waals surface area contributed by atoms with Gasteiger partial charge in [0.1, 0.15) is 5.60 Å². The van der Waals surface area contributed by atoms with Gasteiger partial charge in [-0.2, -0.15) is 0 Å². The highest BCUT2D eigenvalue weighted by Crippen LogP contribution is 2.34. The van der Waals surface area contributed by atoms with E-state index in [0.717, 1.165) is 0 Å². The maximum absolute atomic E-state index is 12.9. The summed E-state index contributed by atoms with van der Waals surface area (Å²) >= 11 is 6.39. The van der Waals surface area contributed by atoms with E-state index < -0.39 is 29.7 Å². The Labute approximate surface area is 208 Å². The number of nitrogens with zero attached hydrogens (tertiary/aromatic N) is 2. The summed E-state index contributed by atoms with van der Waals surface area (Å²) in [5, 5.41) is 16.7. The lowest BCUT2D eigenvalue weighted by Gasteiger charge is -2.24. The zero-order chi connectivity index (χ0) is 25.8. The smallest absolute Gasteiger partial charge is 0.411 e. The van der Waals surface area contributed by atoms with Gasteiger partial charge >= 0.3 is 12.2 Å². The van der Waals surface area contributed by atoms with Crippen LogP contribution in [-0.2, 0) is 14.3 Å². The first-order chi connectivity index (χ1) is 16.5. The van der Waals surface area contributed by atoms with Crippen LogP contribution in [-0.4, -0.2) is 41.0 Å². The summed E-state index contributed by atoms with van der Waals surface area (Å²) in [6.45, 7) is 7.06. The van der Waals surface area contributed by atoms with Crippen molar-refractivity contribution in [3.63, 3.8) is 0 Å². The van der Waals surface area contributed by atoms with Gasteiger partial charge in [0, 0.05) is 16.8 Å². The van der Waals surface area contributed by atoms with Crippen molar-refractivity contribution in [2.75, 3.05) is 17.7 Å². The number of anilines is 2. The molecule has 10 nitrogen and oxygen atoms in total. The molecule has 3 N–H and O–H groups in total. The van der Waals surface area contributed by atoms with Gasteiger partial charge in [-0.05, 0) is 51.5 Å². The number of halogens is 1. The van der Waals surface area contributed by atoms with Crippen molar-refractivity contribution in [1.82, 2.24) is 15.5 Å². The molecule has 11 heteroatoms. The molecule has 0 radical (unpaired) electrons. The lowest BCUT2D eigenvalue weighted by molar-refractivity contribution is -0.118. The summed E-state index contributed by atoms with van der Waals surface area (Å²) in [5.41, 5.74) is 1.64. The van der Waals surface area contributed by atoms with Gasteiger partial charge in [0.15, 0.2) is 5.15 Å². The van der Waals surface area contributed by atoms with E-state index in [1.807, 2.05) is 0 Å². The molecule has 35 heavy (non-hydrogen) atoms. The van der Waals surface area contributed by atoms with Crippen molar-refractivity contribution in [3.05, 3.63) is 47.1 Å². The Hall–Kier alpha value is -3.66. The van der Waals surface area contributed by atoms with Crippen LogP contribution in [0.25, 0.3) is 11.3 Å². The van der Waals surface area contributed by atoms with E-state index >= 15 is 0 Å². The first-order valence-corrected chi connectivity index (χ1v) is 11.3. The molecule has 3 amide bonds. The maximum atomic E-state index is 12.9. The molecule has 2 heterocycles. The first kappa shape index (κ1) is 26.0. The maximum Gasteiger partial charge on any atom is 0.411 e. The molecule has 1 aliphatic heterocycles. The molecule has 2 bridgehead atoms. The minimum absolute atomic E-state index is 0.128. The summed E-state index contributed by atoms with van der Waals surface area (Å²) in [7, 11) is 1.26. The predicted molar refractivity (Wildman–Crippen MR) is 132 cm³/mol. The molecule has 1 aliphatic rings. The molecule has 0 spiro atoms. The molecule has 0 fully saturated rings. The lowest BCUT2D eigenvalue weighted by Crippen LogP contribution is -2.35. The number of benzene rings is 1. The van der Waals surface area contributed by atoms with Crippen LogP contribution in [0.2, 0.25) is 5.15 Å². The van der Waals surface area contributed by atoms with Crippen LogP contribution in [0.5, 0.6) is 0 Å². The fourth-order valence-electron chi connectivity index (χ4n) is 3.35. The molecule has 0 saturated heterocycles. The Morgan fingerprint density at radius 3 is 2.60 bits per heavy atom. The van der Waals surface area contributed by atoms with Crippen LogP contribution in [0.15, 0.2) is 36.4 Å². The molecule has 3 rings (SSSR count). The third-order valence-electron chi connectivity index (χ3n) is 5.04. The van der Waals surface area contributed by atoms with Gasteiger partial charge in [0.05, 0.1) is 30.5 Å². The monoisotopic (exact) mass is 501 g/mol. The molecule has 0 aliphatic carbocycles. The van der Waals surface area contributed by atoms with Gasteiger partial charge in [-0.25, -0.2) is 9.59 Å². The van der Waals surface area contributed by atoms with Gasteiger partial charge in [-0.1, -0.05) is 30.7 Å². The lowest BCUT2D eigenvalue weighted by atomic mass is 9.99. The fraction of sp³-hybridized carbons (Fsp3) is 0.375. The van der Waals surface area contributed by atoms with E-state index in [0.29, 0.717) is 34.6 Å². The van der Waals surface area contributed by atoms with Crippen LogP contribution in [0, 0.1) is 5.92 Å². The highest BCUT2D eigenvalue weighted by atomic mass is 35.5. The summed E-state index contributed by atoms with van der Waals surface area (Å²) in [4.78, 5) is 37.0. The number of rotatable bonds is 2. The van der Waals surface area contributed by atoms with Gasteiger partial charge in [-0.3, -0.25) is 10.1 Å². The van der Waals surface area contributed by atoms with E-state index in [1.165, 1.54) is 7.11 Å². The number of carbonyl (C=O) groups excluding carboxylic acids is 3. The van der Waals surface area contributed by atoms with Crippen LogP contribution in [0.3, 0.4) is 0 Å². The average Bonchev–Trinajstić information content (AvgIpc) is 2.77. The molecule has 1 unspecified atom stereocenters. The second-order valence-electron chi connectivity index (χ2n) is 8.99. The minimum atomic E-state index is -0.682. The molecular weight excluding hydrogens is 474 g/mol. The summed E-state index contributed by atoms with van der Waals surface area (Å²) in [6.07, 6.45) is 2.62. The first-order valence-electron chi connectivity index (χ1n) is 11.0. The molecule has 2 atom stereocenters. The highest BCUT2D eigenvalue weighted by molar-refractivity contribution is 6.30. The molecule has 1 aromatic heterocycles. The van der Waals surface area contributed by atoms with Crippen LogP contribution >= 0.6 is 11.6 Å². The SMILES string of the molecule is COC(=O)Nc1ccc2c(c1)NC(=O)C(C)/C=C\C[C@H](NC(=O)OC(C)(C)C)c1cc-2nnc1Cl. The van der Waals surface area contributed by atoms with E-state index in [9.17, 15) is 14.4 Å². The second kappa shape index (κ2) is 10.7.